The summed E-state index contributed by atoms with van der Waals surface area (Å²) in [6.07, 6.45) is 6.78. The van der Waals surface area contributed by atoms with Crippen LogP contribution in [0.2, 0.25) is 0 Å². The van der Waals surface area contributed by atoms with Gasteiger partial charge < -0.3 is 4.74 Å². The number of hydrogen-bond acceptors (Lipinski definition) is 4. The summed E-state index contributed by atoms with van der Waals surface area (Å²) in [7, 11) is -14.4. The minimum atomic E-state index is -10.7. The number of aryl methyl sites for hydroxylation is 1. The summed E-state index contributed by atoms with van der Waals surface area (Å²) in [5, 5.41) is 9.01. The first-order valence-electron chi connectivity index (χ1n) is 10.7. The number of rotatable bonds is 11. The summed E-state index contributed by atoms with van der Waals surface area (Å²) in [4.78, 5) is 3.33. The van der Waals surface area contributed by atoms with E-state index >= 15 is 0 Å². The summed E-state index contributed by atoms with van der Waals surface area (Å²) in [6.45, 7) is 4.55. The molecule has 0 atom stereocenters. The Labute approximate surface area is 200 Å². The molecular weight excluding hydrogens is 519 g/mol. The normalized spacial score (nSPS) is 13.5. The molecule has 0 bridgehead atoms. The molecule has 0 aliphatic heterocycles. The molecule has 2 rings (SSSR count). The maximum absolute atomic E-state index is 12.7. The van der Waals surface area contributed by atoms with E-state index in [1.54, 1.807) is 24.3 Å². The molecule has 14 heteroatoms. The van der Waals surface area contributed by atoms with Gasteiger partial charge in [0.05, 0.1) is 23.3 Å². The van der Waals surface area contributed by atoms with E-state index in [2.05, 4.69) is 16.6 Å². The summed E-state index contributed by atoms with van der Waals surface area (Å²) >= 11 is 0. The summed E-state index contributed by atoms with van der Waals surface area (Å²) in [6, 6.07) is 11.2. The van der Waals surface area contributed by atoms with Crippen LogP contribution < -0.4 is 9.46 Å². The van der Waals surface area contributed by atoms with E-state index in [1.807, 2.05) is 6.92 Å². The van der Waals surface area contributed by atoms with Crippen LogP contribution in [0.25, 0.3) is 4.98 Å². The molecule has 0 spiro atoms. The Morgan fingerprint density at radius 3 is 2.00 bits per heavy atom. The Balaban J connectivity index is 0.000000762. The van der Waals surface area contributed by atoms with Gasteiger partial charge in [0.15, 0.2) is 10.7 Å². The molecule has 0 fully saturated rings. The van der Waals surface area contributed by atoms with Crippen molar-refractivity contribution in [1.82, 2.24) is 0 Å². The van der Waals surface area contributed by atoms with Gasteiger partial charge in [0.25, 0.3) is 10.0 Å². The zero-order valence-electron chi connectivity index (χ0n) is 19.2. The molecule has 6 nitrogen and oxygen atoms in total. The number of unbranched alkanes of at least 4 members (excludes halogenated alkanes) is 5. The van der Waals surface area contributed by atoms with E-state index in [1.165, 1.54) is 37.5 Å². The van der Waals surface area contributed by atoms with Crippen molar-refractivity contribution >= 4 is 29.2 Å². The van der Waals surface area contributed by atoms with Crippen LogP contribution in [0.3, 0.4) is 0 Å². The molecule has 0 saturated heterocycles. The summed E-state index contributed by atoms with van der Waals surface area (Å²) < 4.78 is 92.9. The van der Waals surface area contributed by atoms with Crippen LogP contribution in [0.15, 0.2) is 47.4 Å². The zero-order valence-corrected chi connectivity index (χ0v) is 20.9. The topological polar surface area (TPSA) is 83.5 Å². The van der Waals surface area contributed by atoms with E-state index in [9.17, 15) is 33.6 Å². The number of nitrogens with one attached hydrogen (secondary N) is 1. The van der Waals surface area contributed by atoms with Crippen LogP contribution >= 0.6 is 7.81 Å². The first kappa shape index (κ1) is 30.5. The number of benzene rings is 2. The third-order valence-electron chi connectivity index (χ3n) is 4.41. The molecule has 0 heterocycles. The van der Waals surface area contributed by atoms with Gasteiger partial charge in [-0.2, -0.15) is 0 Å². The molecule has 1 N–H and O–H groups in total. The van der Waals surface area contributed by atoms with Gasteiger partial charge in [0.1, 0.15) is 0 Å². The standard InChI is InChI=1S/C21H28N3O3S.F6P/c1-3-4-5-6-7-8-15-27-21-16-18(23-22)11-14-20(21)24-28(25,26)19-12-9-17(2)10-13-19;1-7(2,3,4,5)6/h9-14,16,24H,3-8,15H2,1-2H3;/q+1;-1. The van der Waals surface area contributed by atoms with Crippen LogP contribution in [0.1, 0.15) is 51.0 Å². The number of sulfonamides is 1. The molecular formula is C21H28F6N3O3PS. The Morgan fingerprint density at radius 2 is 1.46 bits per heavy atom. The quantitative estimate of drug-likeness (QED) is 0.131. The van der Waals surface area contributed by atoms with Crippen molar-refractivity contribution in [3.63, 3.8) is 0 Å². The predicted molar refractivity (Wildman–Crippen MR) is 126 cm³/mol. The number of nitrogens with zero attached hydrogens (tertiary/aromatic N) is 2. The van der Waals surface area contributed by atoms with E-state index < -0.39 is 17.8 Å². The number of halogens is 6. The van der Waals surface area contributed by atoms with Crippen LogP contribution in [-0.2, 0) is 10.0 Å². The number of hydrogen-bond donors (Lipinski definition) is 1. The average molecular weight is 548 g/mol. The van der Waals surface area contributed by atoms with Crippen molar-refractivity contribution in [3.05, 3.63) is 53.0 Å². The molecule has 0 aliphatic carbocycles. The fourth-order valence-electron chi connectivity index (χ4n) is 2.76. The molecule has 0 aliphatic rings. The van der Waals surface area contributed by atoms with E-state index in [0.29, 0.717) is 23.7 Å². The monoisotopic (exact) mass is 547 g/mol. The van der Waals surface area contributed by atoms with Crippen molar-refractivity contribution in [2.45, 2.75) is 57.3 Å². The van der Waals surface area contributed by atoms with Crippen LogP contribution in [-0.4, -0.2) is 15.0 Å². The Kier molecular flexibility index (Phi) is 9.95. The van der Waals surface area contributed by atoms with Gasteiger partial charge >= 0.3 is 38.7 Å². The molecule has 2 aromatic carbocycles. The summed E-state index contributed by atoms with van der Waals surface area (Å²) in [5.74, 6) is 0.347. The molecule has 0 unspecified atom stereocenters. The first-order chi connectivity index (χ1) is 15.9. The van der Waals surface area contributed by atoms with Gasteiger partial charge in [0, 0.05) is 6.07 Å². The van der Waals surface area contributed by atoms with E-state index in [0.717, 1.165) is 24.8 Å². The molecule has 198 valence electrons. The fraction of sp³-hybridized carbons (Fsp3) is 0.429. The number of ether oxygens (including phenoxy) is 1. The second-order valence-corrected chi connectivity index (χ2v) is 11.4. The SMILES string of the molecule is CCCCCCCCOc1cc([N+]#N)ccc1NS(=O)(=O)c1ccc(C)cc1.F[P-](F)(F)(F)(F)F. The zero-order chi connectivity index (χ0) is 26.8. The Bertz CT molecular complexity index is 1110. The van der Waals surface area contributed by atoms with Crippen molar-refractivity contribution in [2.75, 3.05) is 11.3 Å². The van der Waals surface area contributed by atoms with Gasteiger partial charge in [-0.1, -0.05) is 56.7 Å². The van der Waals surface area contributed by atoms with Gasteiger partial charge in [-0.3, -0.25) is 4.72 Å². The molecule has 0 radical (unpaired) electrons. The Morgan fingerprint density at radius 1 is 0.914 bits per heavy atom. The number of diazo groups is 1. The summed E-state index contributed by atoms with van der Waals surface area (Å²) in [5.41, 5.74) is 1.60. The predicted octanol–water partition coefficient (Wildman–Crippen LogP) is 9.40. The van der Waals surface area contributed by atoms with Crippen LogP contribution in [0.5, 0.6) is 5.75 Å². The first-order valence-corrected chi connectivity index (χ1v) is 14.2. The van der Waals surface area contributed by atoms with E-state index in [-0.39, 0.29) is 4.90 Å². The molecule has 35 heavy (non-hydrogen) atoms. The van der Waals surface area contributed by atoms with Crippen molar-refractivity contribution < 1.29 is 38.3 Å². The molecule has 2 aromatic rings. The minimum absolute atomic E-state index is 0.177. The third-order valence-corrected chi connectivity index (χ3v) is 5.79. The second kappa shape index (κ2) is 11.4. The van der Waals surface area contributed by atoms with Crippen molar-refractivity contribution in [2.24, 2.45) is 0 Å². The van der Waals surface area contributed by atoms with Gasteiger partial charge in [-0.25, -0.2) is 8.42 Å². The number of anilines is 1. The van der Waals surface area contributed by atoms with Crippen LogP contribution in [0, 0.1) is 12.3 Å². The van der Waals surface area contributed by atoms with Crippen molar-refractivity contribution in [3.8, 4) is 5.75 Å². The molecule has 0 aromatic heterocycles. The fourth-order valence-corrected chi connectivity index (χ4v) is 3.83. The van der Waals surface area contributed by atoms with Crippen molar-refractivity contribution in [1.29, 1.82) is 5.39 Å². The van der Waals surface area contributed by atoms with Gasteiger partial charge in [-0.15, -0.1) is 0 Å². The molecule has 0 amide bonds. The molecule has 0 saturated carbocycles. The average Bonchev–Trinajstić information content (AvgIpc) is 2.72. The van der Waals surface area contributed by atoms with Crippen LogP contribution in [0.4, 0.5) is 36.6 Å². The van der Waals surface area contributed by atoms with Gasteiger partial charge in [0.2, 0.25) is 5.39 Å². The second-order valence-electron chi connectivity index (χ2n) is 7.77. The van der Waals surface area contributed by atoms with Gasteiger partial charge in [-0.05, 0) is 31.5 Å². The maximum atomic E-state index is 12.7. The van der Waals surface area contributed by atoms with E-state index in [4.69, 9.17) is 10.1 Å². The third kappa shape index (κ3) is 15.1. The Hall–Kier alpha value is -2.58.